The van der Waals surface area contributed by atoms with E-state index in [1.807, 2.05) is 32.4 Å². The molecule has 1 aromatic carbocycles. The number of likely N-dealkylation sites (tertiary alicyclic amines) is 1. The number of carbonyl (C=O) groups is 2. The summed E-state index contributed by atoms with van der Waals surface area (Å²) in [5, 5.41) is 17.4. The van der Waals surface area contributed by atoms with E-state index in [4.69, 9.17) is 4.74 Å². The van der Waals surface area contributed by atoms with Crippen molar-refractivity contribution in [2.45, 2.75) is 68.6 Å². The highest BCUT2D eigenvalue weighted by atomic mass is 19.4. The highest BCUT2D eigenvalue weighted by molar-refractivity contribution is 5.96. The van der Waals surface area contributed by atoms with Crippen molar-refractivity contribution >= 4 is 11.8 Å². The van der Waals surface area contributed by atoms with E-state index in [1.165, 1.54) is 6.07 Å². The topological polar surface area (TPSA) is 107 Å². The molecule has 1 aromatic heterocycles. The van der Waals surface area contributed by atoms with Gasteiger partial charge in [-0.2, -0.15) is 13.2 Å². The Morgan fingerprint density at radius 1 is 1.17 bits per heavy atom. The fourth-order valence-corrected chi connectivity index (χ4v) is 5.90. The lowest BCUT2D eigenvalue weighted by Crippen LogP contribution is -2.47. The van der Waals surface area contributed by atoms with Crippen molar-refractivity contribution in [1.29, 1.82) is 0 Å². The second kappa shape index (κ2) is 13.5. The first-order chi connectivity index (χ1) is 19.9. The number of aliphatic hydroxyl groups is 1. The number of amides is 2. The van der Waals surface area contributed by atoms with Gasteiger partial charge in [-0.05, 0) is 76.0 Å². The van der Waals surface area contributed by atoms with Gasteiger partial charge in [-0.25, -0.2) is 0 Å². The number of ether oxygens (including phenoxy) is 1. The second-order valence-corrected chi connectivity index (χ2v) is 11.6. The predicted octanol–water partition coefficient (Wildman–Crippen LogP) is 2.93. The first-order valence-corrected chi connectivity index (χ1v) is 14.2. The van der Waals surface area contributed by atoms with Gasteiger partial charge in [0.2, 0.25) is 5.91 Å². The van der Waals surface area contributed by atoms with E-state index in [1.54, 1.807) is 12.0 Å². The number of hydrogen-bond donors (Lipinski definition) is 3. The lowest BCUT2D eigenvalue weighted by Gasteiger charge is -2.37. The molecule has 2 amide bonds. The largest absolute Gasteiger partial charge is 0.416 e. The van der Waals surface area contributed by atoms with Crippen LogP contribution >= 0.6 is 0 Å². The van der Waals surface area contributed by atoms with Crippen molar-refractivity contribution in [2.75, 3.05) is 40.9 Å². The van der Waals surface area contributed by atoms with Crippen LogP contribution in [0.2, 0.25) is 0 Å². The summed E-state index contributed by atoms with van der Waals surface area (Å²) in [6.07, 6.45) is 0.569. The first-order valence-electron chi connectivity index (χ1n) is 14.2. The molecule has 1 saturated heterocycles. The molecule has 42 heavy (non-hydrogen) atoms. The molecule has 2 atom stereocenters. The van der Waals surface area contributed by atoms with Gasteiger partial charge < -0.3 is 30.3 Å². The molecule has 0 bridgehead atoms. The highest BCUT2D eigenvalue weighted by Crippen LogP contribution is 2.37. The lowest BCUT2D eigenvalue weighted by molar-refractivity contribution is -0.137. The maximum atomic E-state index is 13.1. The Morgan fingerprint density at radius 2 is 1.90 bits per heavy atom. The van der Waals surface area contributed by atoms with Crippen LogP contribution in [0.1, 0.15) is 59.3 Å². The molecule has 1 saturated carbocycles. The molecule has 0 spiro atoms. The molecule has 2 heterocycles. The van der Waals surface area contributed by atoms with Crippen molar-refractivity contribution in [3.63, 3.8) is 0 Å². The minimum absolute atomic E-state index is 0.00732. The number of hydrogen-bond acceptors (Lipinski definition) is 7. The van der Waals surface area contributed by atoms with E-state index < -0.39 is 23.2 Å². The standard InChI is InChI=1S/C30H40F3N5O4/c1-37(2)17-20-7-8-26(34-15-20)29(41)11-9-23(10-12-29)36-24-14-25(19-42-3)38(18-24)27(39)16-35-28(40)21-5-4-6-22(13-21)30(31,32)33/h4-8,13,15,23-25,36,41H,9-12,14,16-19H2,1-3H3,(H,35,40)/t23?,24-,25?,29?/m0/s1. The Hall–Kier alpha value is -3.06. The van der Waals surface area contributed by atoms with Gasteiger partial charge in [0.1, 0.15) is 5.60 Å². The third kappa shape index (κ3) is 8.06. The Morgan fingerprint density at radius 3 is 2.52 bits per heavy atom. The monoisotopic (exact) mass is 591 g/mol. The Labute approximate surface area is 244 Å². The average molecular weight is 592 g/mol. The predicted molar refractivity (Wildman–Crippen MR) is 150 cm³/mol. The number of halogens is 3. The molecule has 2 fully saturated rings. The third-order valence-corrected chi connectivity index (χ3v) is 8.03. The average Bonchev–Trinajstić information content (AvgIpc) is 3.35. The van der Waals surface area contributed by atoms with Crippen molar-refractivity contribution < 1.29 is 32.6 Å². The molecule has 2 aliphatic rings. The van der Waals surface area contributed by atoms with Crippen LogP contribution in [-0.4, -0.2) is 90.7 Å². The van der Waals surface area contributed by atoms with Crippen LogP contribution in [0.15, 0.2) is 42.6 Å². The van der Waals surface area contributed by atoms with Crippen molar-refractivity contribution in [3.8, 4) is 0 Å². The SMILES string of the molecule is COCC1C[C@H](NC2CCC(O)(c3ccc(CN(C)C)cn3)CC2)CN1C(=O)CNC(=O)c1cccc(C(F)(F)F)c1. The van der Waals surface area contributed by atoms with E-state index in [0.29, 0.717) is 38.1 Å². The number of nitrogens with one attached hydrogen (secondary N) is 2. The van der Waals surface area contributed by atoms with E-state index in [-0.39, 0.29) is 36.1 Å². The lowest BCUT2D eigenvalue weighted by atomic mass is 9.79. The number of alkyl halides is 3. The minimum Gasteiger partial charge on any atom is -0.384 e. The molecular weight excluding hydrogens is 551 g/mol. The molecular formula is C30H40F3N5O4. The van der Waals surface area contributed by atoms with Crippen molar-refractivity contribution in [3.05, 3.63) is 65.0 Å². The van der Waals surface area contributed by atoms with Crippen LogP contribution in [0.3, 0.4) is 0 Å². The summed E-state index contributed by atoms with van der Waals surface area (Å²) in [4.78, 5) is 33.8. The Kier molecular flexibility index (Phi) is 10.2. The van der Waals surface area contributed by atoms with Crippen LogP contribution < -0.4 is 10.6 Å². The summed E-state index contributed by atoms with van der Waals surface area (Å²) in [6.45, 7) is 1.19. The van der Waals surface area contributed by atoms with Gasteiger partial charge in [0.05, 0.1) is 30.5 Å². The second-order valence-electron chi connectivity index (χ2n) is 11.6. The number of methoxy groups -OCH3 is 1. The summed E-state index contributed by atoms with van der Waals surface area (Å²) in [7, 11) is 5.55. The highest BCUT2D eigenvalue weighted by Gasteiger charge is 2.40. The van der Waals surface area contributed by atoms with Gasteiger partial charge >= 0.3 is 6.18 Å². The zero-order valence-corrected chi connectivity index (χ0v) is 24.3. The Balaban J connectivity index is 1.29. The third-order valence-electron chi connectivity index (χ3n) is 8.03. The maximum absolute atomic E-state index is 13.1. The van der Waals surface area contributed by atoms with Gasteiger partial charge in [-0.15, -0.1) is 0 Å². The summed E-state index contributed by atoms with van der Waals surface area (Å²) >= 11 is 0. The molecule has 4 rings (SSSR count). The van der Waals surface area contributed by atoms with E-state index in [0.717, 1.165) is 43.1 Å². The molecule has 230 valence electrons. The number of benzene rings is 1. The minimum atomic E-state index is -4.57. The smallest absolute Gasteiger partial charge is 0.384 e. The zero-order chi connectivity index (χ0) is 30.5. The van der Waals surface area contributed by atoms with Crippen LogP contribution in [0.25, 0.3) is 0 Å². The quantitative estimate of drug-likeness (QED) is 0.390. The fraction of sp³-hybridized carbons (Fsp3) is 0.567. The molecule has 1 aliphatic carbocycles. The number of aromatic nitrogens is 1. The van der Waals surface area contributed by atoms with Gasteiger partial charge in [-0.3, -0.25) is 14.6 Å². The Bertz CT molecular complexity index is 1220. The number of carbonyl (C=O) groups excluding carboxylic acids is 2. The fourth-order valence-electron chi connectivity index (χ4n) is 5.90. The van der Waals surface area contributed by atoms with Crippen molar-refractivity contribution in [2.24, 2.45) is 0 Å². The molecule has 9 nitrogen and oxygen atoms in total. The molecule has 0 radical (unpaired) electrons. The molecule has 1 aliphatic heterocycles. The number of pyridine rings is 1. The van der Waals surface area contributed by atoms with Gasteiger partial charge in [-0.1, -0.05) is 12.1 Å². The zero-order valence-electron chi connectivity index (χ0n) is 24.3. The van der Waals surface area contributed by atoms with Gasteiger partial charge in [0, 0.05) is 44.0 Å². The normalized spacial score (nSPS) is 24.7. The summed E-state index contributed by atoms with van der Waals surface area (Å²) < 4.78 is 44.4. The molecule has 1 unspecified atom stereocenters. The summed E-state index contributed by atoms with van der Waals surface area (Å²) in [6, 6.07) is 8.00. The number of rotatable bonds is 10. The van der Waals surface area contributed by atoms with E-state index in [9.17, 15) is 27.9 Å². The summed E-state index contributed by atoms with van der Waals surface area (Å²) in [5.41, 5.74) is -0.283. The molecule has 2 aromatic rings. The van der Waals surface area contributed by atoms with Crippen LogP contribution in [0.5, 0.6) is 0 Å². The number of nitrogens with zero attached hydrogens (tertiary/aromatic N) is 3. The molecule has 12 heteroatoms. The maximum Gasteiger partial charge on any atom is 0.416 e. The van der Waals surface area contributed by atoms with Crippen molar-refractivity contribution in [1.82, 2.24) is 25.4 Å². The molecule has 3 N–H and O–H groups in total. The first kappa shape index (κ1) is 31.9. The van der Waals surface area contributed by atoms with Crippen LogP contribution in [0, 0.1) is 0 Å². The van der Waals surface area contributed by atoms with E-state index in [2.05, 4.69) is 20.5 Å². The van der Waals surface area contributed by atoms with Crippen LogP contribution in [-0.2, 0) is 27.9 Å². The van der Waals surface area contributed by atoms with E-state index >= 15 is 0 Å². The summed E-state index contributed by atoms with van der Waals surface area (Å²) in [5.74, 6) is -1.08. The van der Waals surface area contributed by atoms with Gasteiger partial charge in [0.15, 0.2) is 0 Å². The van der Waals surface area contributed by atoms with Gasteiger partial charge in [0.25, 0.3) is 5.91 Å². The van der Waals surface area contributed by atoms with Crippen LogP contribution in [0.4, 0.5) is 13.2 Å².